The number of hydrogen-bond donors (Lipinski definition) is 1. The molecule has 1 saturated heterocycles. The minimum absolute atomic E-state index is 0.149. The van der Waals surface area contributed by atoms with Crippen molar-refractivity contribution in [1.29, 1.82) is 0 Å². The predicted molar refractivity (Wildman–Crippen MR) is 82.7 cm³/mol. The van der Waals surface area contributed by atoms with E-state index >= 15 is 0 Å². The molecular weight excluding hydrogens is 302 g/mol. The number of benzene rings is 1. The molecule has 0 bridgehead atoms. The Balaban J connectivity index is 2.25. The van der Waals surface area contributed by atoms with Gasteiger partial charge in [0.2, 0.25) is 0 Å². The third kappa shape index (κ3) is 2.11. The average Bonchev–Trinajstić information content (AvgIpc) is 2.93. The fourth-order valence-electron chi connectivity index (χ4n) is 3.03. The molecule has 1 atom stereocenters. The standard InChI is InChI=1S/C15H20BrN3/c1-10(2)19-13-5-4-11(16)8-12(13)18-14(19)15(3)6-7-17-9-15/h4-5,8,10,17H,6-7,9H2,1-3H3. The third-order valence-electron chi connectivity index (χ3n) is 4.08. The summed E-state index contributed by atoms with van der Waals surface area (Å²) >= 11 is 3.54. The van der Waals surface area contributed by atoms with E-state index in [1.165, 1.54) is 11.3 Å². The first-order chi connectivity index (χ1) is 9.01. The molecule has 3 rings (SSSR count). The van der Waals surface area contributed by atoms with Crippen molar-refractivity contribution in [2.45, 2.75) is 38.6 Å². The van der Waals surface area contributed by atoms with E-state index in [-0.39, 0.29) is 5.41 Å². The van der Waals surface area contributed by atoms with Gasteiger partial charge in [-0.2, -0.15) is 0 Å². The summed E-state index contributed by atoms with van der Waals surface area (Å²) in [6.07, 6.45) is 1.16. The molecule has 0 aliphatic carbocycles. The van der Waals surface area contributed by atoms with Crippen LogP contribution in [0, 0.1) is 0 Å². The van der Waals surface area contributed by atoms with Crippen LogP contribution in [0.2, 0.25) is 0 Å². The van der Waals surface area contributed by atoms with Gasteiger partial charge in [-0.05, 0) is 45.0 Å². The monoisotopic (exact) mass is 321 g/mol. The van der Waals surface area contributed by atoms with Crippen LogP contribution in [-0.2, 0) is 5.41 Å². The van der Waals surface area contributed by atoms with Crippen LogP contribution < -0.4 is 5.32 Å². The highest BCUT2D eigenvalue weighted by Gasteiger charge is 2.36. The quantitative estimate of drug-likeness (QED) is 0.915. The van der Waals surface area contributed by atoms with Gasteiger partial charge < -0.3 is 9.88 Å². The molecule has 0 spiro atoms. The summed E-state index contributed by atoms with van der Waals surface area (Å²) in [5.74, 6) is 1.22. The number of nitrogens with zero attached hydrogens (tertiary/aromatic N) is 2. The second-order valence-electron chi connectivity index (χ2n) is 6.02. The van der Waals surface area contributed by atoms with Gasteiger partial charge in [0.05, 0.1) is 11.0 Å². The van der Waals surface area contributed by atoms with Crippen molar-refractivity contribution in [3.63, 3.8) is 0 Å². The molecule has 4 heteroatoms. The lowest BCUT2D eigenvalue weighted by molar-refractivity contribution is 0.442. The largest absolute Gasteiger partial charge is 0.325 e. The molecular formula is C15H20BrN3. The summed E-state index contributed by atoms with van der Waals surface area (Å²) in [7, 11) is 0. The van der Waals surface area contributed by atoms with E-state index in [1.54, 1.807) is 0 Å². The second kappa shape index (κ2) is 4.60. The van der Waals surface area contributed by atoms with E-state index < -0.39 is 0 Å². The maximum Gasteiger partial charge on any atom is 0.117 e. The van der Waals surface area contributed by atoms with Crippen LogP contribution in [0.25, 0.3) is 11.0 Å². The van der Waals surface area contributed by atoms with E-state index in [2.05, 4.69) is 64.8 Å². The van der Waals surface area contributed by atoms with Crippen LogP contribution in [0.5, 0.6) is 0 Å². The number of halogens is 1. The molecule has 1 aromatic heterocycles. The summed E-state index contributed by atoms with van der Waals surface area (Å²) in [5, 5.41) is 3.47. The van der Waals surface area contributed by atoms with Crippen LogP contribution >= 0.6 is 15.9 Å². The third-order valence-corrected chi connectivity index (χ3v) is 4.57. The Morgan fingerprint density at radius 3 is 2.84 bits per heavy atom. The van der Waals surface area contributed by atoms with Crippen LogP contribution in [0.3, 0.4) is 0 Å². The molecule has 1 aliphatic heterocycles. The molecule has 1 unspecified atom stereocenters. The minimum Gasteiger partial charge on any atom is -0.325 e. The van der Waals surface area contributed by atoms with Crippen molar-refractivity contribution in [2.75, 3.05) is 13.1 Å². The summed E-state index contributed by atoms with van der Waals surface area (Å²) < 4.78 is 3.49. The van der Waals surface area contributed by atoms with Gasteiger partial charge in [0.1, 0.15) is 5.82 Å². The molecule has 3 nitrogen and oxygen atoms in total. The predicted octanol–water partition coefficient (Wildman–Crippen LogP) is 3.63. The van der Waals surface area contributed by atoms with Crippen molar-refractivity contribution in [1.82, 2.24) is 14.9 Å². The Labute approximate surface area is 122 Å². The lowest BCUT2D eigenvalue weighted by atomic mass is 9.88. The molecule has 0 radical (unpaired) electrons. The van der Waals surface area contributed by atoms with Gasteiger partial charge in [-0.15, -0.1) is 0 Å². The van der Waals surface area contributed by atoms with E-state index in [4.69, 9.17) is 4.98 Å². The van der Waals surface area contributed by atoms with Gasteiger partial charge >= 0.3 is 0 Å². The van der Waals surface area contributed by atoms with Gasteiger partial charge in [-0.1, -0.05) is 22.9 Å². The van der Waals surface area contributed by atoms with Crippen molar-refractivity contribution in [2.24, 2.45) is 0 Å². The van der Waals surface area contributed by atoms with Crippen LogP contribution in [0.15, 0.2) is 22.7 Å². The van der Waals surface area contributed by atoms with Gasteiger partial charge in [-0.3, -0.25) is 0 Å². The summed E-state index contributed by atoms with van der Waals surface area (Å²) in [4.78, 5) is 4.94. The van der Waals surface area contributed by atoms with Gasteiger partial charge in [0.15, 0.2) is 0 Å². The fraction of sp³-hybridized carbons (Fsp3) is 0.533. The van der Waals surface area contributed by atoms with Crippen LogP contribution in [-0.4, -0.2) is 22.6 Å². The molecule has 1 N–H and O–H groups in total. The molecule has 2 aromatic rings. The first kappa shape index (κ1) is 13.1. The van der Waals surface area contributed by atoms with E-state index in [0.29, 0.717) is 6.04 Å². The zero-order chi connectivity index (χ0) is 13.6. The highest BCUT2D eigenvalue weighted by atomic mass is 79.9. The number of fused-ring (bicyclic) bond motifs is 1. The first-order valence-corrected chi connectivity index (χ1v) is 7.69. The molecule has 1 fully saturated rings. The normalized spacial score (nSPS) is 23.6. The Hall–Kier alpha value is -0.870. The maximum absolute atomic E-state index is 4.94. The van der Waals surface area contributed by atoms with Gasteiger partial charge in [0, 0.05) is 22.5 Å². The summed E-state index contributed by atoms with van der Waals surface area (Å²) in [6.45, 7) is 8.89. The second-order valence-corrected chi connectivity index (χ2v) is 6.94. The molecule has 1 aromatic carbocycles. The van der Waals surface area contributed by atoms with E-state index in [1.807, 2.05) is 0 Å². The molecule has 2 heterocycles. The van der Waals surface area contributed by atoms with Crippen molar-refractivity contribution in [3.05, 3.63) is 28.5 Å². The number of hydrogen-bond acceptors (Lipinski definition) is 2. The molecule has 19 heavy (non-hydrogen) atoms. The van der Waals surface area contributed by atoms with Crippen molar-refractivity contribution in [3.8, 4) is 0 Å². The lowest BCUT2D eigenvalue weighted by Crippen LogP contribution is -2.29. The number of nitrogens with one attached hydrogen (secondary N) is 1. The number of imidazole rings is 1. The lowest BCUT2D eigenvalue weighted by Gasteiger charge is -2.25. The Bertz CT molecular complexity index is 609. The average molecular weight is 322 g/mol. The molecule has 102 valence electrons. The minimum atomic E-state index is 0.149. The number of aromatic nitrogens is 2. The maximum atomic E-state index is 4.94. The topological polar surface area (TPSA) is 29.9 Å². The Kier molecular flexibility index (Phi) is 3.18. The highest BCUT2D eigenvalue weighted by molar-refractivity contribution is 9.10. The van der Waals surface area contributed by atoms with Gasteiger partial charge in [-0.25, -0.2) is 4.98 Å². The smallest absolute Gasteiger partial charge is 0.117 e. The number of rotatable bonds is 2. The SMILES string of the molecule is CC(C)n1c(C2(C)CCNC2)nc2cc(Br)ccc21. The van der Waals surface area contributed by atoms with Gasteiger partial charge in [0.25, 0.3) is 0 Å². The fourth-order valence-corrected chi connectivity index (χ4v) is 3.38. The van der Waals surface area contributed by atoms with Crippen LogP contribution in [0.4, 0.5) is 0 Å². The molecule has 0 amide bonds. The van der Waals surface area contributed by atoms with E-state index in [9.17, 15) is 0 Å². The Morgan fingerprint density at radius 2 is 2.21 bits per heavy atom. The summed E-state index contributed by atoms with van der Waals surface area (Å²) in [6, 6.07) is 6.81. The van der Waals surface area contributed by atoms with Crippen molar-refractivity contribution >= 4 is 27.0 Å². The molecule has 1 aliphatic rings. The van der Waals surface area contributed by atoms with E-state index in [0.717, 1.165) is 29.5 Å². The zero-order valence-electron chi connectivity index (χ0n) is 11.7. The first-order valence-electron chi connectivity index (χ1n) is 6.90. The highest BCUT2D eigenvalue weighted by Crippen LogP contribution is 2.34. The molecule has 0 saturated carbocycles. The Morgan fingerprint density at radius 1 is 1.42 bits per heavy atom. The summed E-state index contributed by atoms with van der Waals surface area (Å²) in [5.41, 5.74) is 2.47. The van der Waals surface area contributed by atoms with Crippen molar-refractivity contribution < 1.29 is 0 Å². The van der Waals surface area contributed by atoms with Crippen LogP contribution in [0.1, 0.15) is 39.1 Å². The zero-order valence-corrected chi connectivity index (χ0v) is 13.3.